The van der Waals surface area contributed by atoms with Gasteiger partial charge in [-0.05, 0) is 37.1 Å². The molecule has 11 heteroatoms. The summed E-state index contributed by atoms with van der Waals surface area (Å²) in [7, 11) is 0. The van der Waals surface area contributed by atoms with Crippen molar-refractivity contribution < 1.29 is 27.9 Å². The predicted octanol–water partition coefficient (Wildman–Crippen LogP) is 3.22. The van der Waals surface area contributed by atoms with Crippen LogP contribution in [0.2, 0.25) is 0 Å². The molecule has 2 N–H and O–H groups in total. The fourth-order valence-electron chi connectivity index (χ4n) is 3.38. The number of aliphatic carboxylic acids is 1. The SMILES string of the molecule is CC1c2nc(CC(=O)NCc3cccs3)cn2CCN1CC1CC1.O=C(O)C(F)(F)F. The molecule has 170 valence electrons. The van der Waals surface area contributed by atoms with Gasteiger partial charge in [0.05, 0.1) is 24.7 Å². The van der Waals surface area contributed by atoms with E-state index in [1.165, 1.54) is 24.3 Å². The van der Waals surface area contributed by atoms with Gasteiger partial charge >= 0.3 is 12.1 Å². The second-order valence-electron chi connectivity index (χ2n) is 7.73. The first-order valence-corrected chi connectivity index (χ1v) is 10.9. The number of imidazole rings is 1. The number of rotatable bonds is 6. The molecule has 1 aliphatic carbocycles. The maximum atomic E-state index is 12.2. The third kappa shape index (κ3) is 6.79. The summed E-state index contributed by atoms with van der Waals surface area (Å²) < 4.78 is 34.0. The van der Waals surface area contributed by atoms with Crippen LogP contribution in [-0.4, -0.2) is 50.7 Å². The van der Waals surface area contributed by atoms with Gasteiger partial charge in [-0.2, -0.15) is 13.2 Å². The normalized spacial score (nSPS) is 18.6. The smallest absolute Gasteiger partial charge is 0.475 e. The molecule has 2 aromatic heterocycles. The number of alkyl halides is 3. The zero-order valence-corrected chi connectivity index (χ0v) is 17.9. The lowest BCUT2D eigenvalue weighted by Crippen LogP contribution is -2.38. The van der Waals surface area contributed by atoms with Crippen molar-refractivity contribution in [2.24, 2.45) is 5.92 Å². The Bertz CT molecular complexity index is 894. The van der Waals surface area contributed by atoms with Crippen molar-refractivity contribution >= 4 is 23.2 Å². The van der Waals surface area contributed by atoms with Crippen molar-refractivity contribution in [2.75, 3.05) is 13.1 Å². The zero-order valence-electron chi connectivity index (χ0n) is 17.1. The number of thiophene rings is 1. The highest BCUT2D eigenvalue weighted by Crippen LogP contribution is 2.34. The lowest BCUT2D eigenvalue weighted by Gasteiger charge is -2.33. The molecule has 0 spiro atoms. The number of hydrogen-bond acceptors (Lipinski definition) is 5. The third-order valence-electron chi connectivity index (χ3n) is 5.22. The number of nitrogens with zero attached hydrogens (tertiary/aromatic N) is 3. The Hall–Kier alpha value is -2.40. The summed E-state index contributed by atoms with van der Waals surface area (Å²) in [5.74, 6) is -0.701. The molecule has 1 saturated carbocycles. The summed E-state index contributed by atoms with van der Waals surface area (Å²) in [6.07, 6.45) is 0.104. The van der Waals surface area contributed by atoms with Crippen LogP contribution in [0.25, 0.3) is 0 Å². The Morgan fingerprint density at radius 2 is 2.03 bits per heavy atom. The molecule has 0 radical (unpaired) electrons. The number of amides is 1. The van der Waals surface area contributed by atoms with Gasteiger partial charge in [0.15, 0.2) is 0 Å². The van der Waals surface area contributed by atoms with E-state index in [4.69, 9.17) is 14.9 Å². The lowest BCUT2D eigenvalue weighted by molar-refractivity contribution is -0.192. The van der Waals surface area contributed by atoms with Crippen LogP contribution in [-0.2, 0) is 29.1 Å². The number of aromatic nitrogens is 2. The molecule has 1 amide bonds. The molecule has 1 aliphatic heterocycles. The summed E-state index contributed by atoms with van der Waals surface area (Å²) in [6.45, 7) is 6.11. The molecule has 1 atom stereocenters. The molecular formula is C20H25F3N4O3S. The largest absolute Gasteiger partial charge is 0.490 e. The van der Waals surface area contributed by atoms with Gasteiger partial charge in [-0.3, -0.25) is 9.69 Å². The summed E-state index contributed by atoms with van der Waals surface area (Å²) in [5.41, 5.74) is 0.883. The summed E-state index contributed by atoms with van der Waals surface area (Å²) >= 11 is 1.66. The summed E-state index contributed by atoms with van der Waals surface area (Å²) in [4.78, 5) is 29.5. The number of fused-ring (bicyclic) bond motifs is 1. The quantitative estimate of drug-likeness (QED) is 0.694. The van der Waals surface area contributed by atoms with E-state index in [0.717, 1.165) is 30.5 Å². The molecule has 1 fully saturated rings. The van der Waals surface area contributed by atoms with Crippen LogP contribution < -0.4 is 5.32 Å². The number of hydrogen-bond donors (Lipinski definition) is 2. The Labute approximate surface area is 181 Å². The van der Waals surface area contributed by atoms with Gasteiger partial charge in [0, 0.05) is 30.7 Å². The summed E-state index contributed by atoms with van der Waals surface area (Å²) in [5, 5.41) is 12.1. The van der Waals surface area contributed by atoms with E-state index in [0.29, 0.717) is 19.0 Å². The van der Waals surface area contributed by atoms with Crippen molar-refractivity contribution in [2.45, 2.75) is 51.5 Å². The third-order valence-corrected chi connectivity index (χ3v) is 6.10. The second-order valence-corrected chi connectivity index (χ2v) is 8.77. The van der Waals surface area contributed by atoms with Crippen molar-refractivity contribution in [1.29, 1.82) is 0 Å². The van der Waals surface area contributed by atoms with Gasteiger partial charge in [0.25, 0.3) is 0 Å². The topological polar surface area (TPSA) is 87.5 Å². The first kappa shape index (κ1) is 23.3. The summed E-state index contributed by atoms with van der Waals surface area (Å²) in [6, 6.07) is 4.39. The van der Waals surface area contributed by atoms with E-state index < -0.39 is 12.1 Å². The van der Waals surface area contributed by atoms with Crippen LogP contribution in [0.3, 0.4) is 0 Å². The molecule has 1 unspecified atom stereocenters. The first-order chi connectivity index (χ1) is 14.6. The minimum Gasteiger partial charge on any atom is -0.475 e. The number of carbonyl (C=O) groups is 2. The van der Waals surface area contributed by atoms with Gasteiger partial charge in [-0.25, -0.2) is 9.78 Å². The molecule has 0 aromatic carbocycles. The van der Waals surface area contributed by atoms with E-state index >= 15 is 0 Å². The molecule has 3 heterocycles. The maximum Gasteiger partial charge on any atom is 0.490 e. The van der Waals surface area contributed by atoms with Gasteiger partial charge in [-0.15, -0.1) is 11.3 Å². The van der Waals surface area contributed by atoms with Crippen molar-refractivity contribution in [1.82, 2.24) is 19.8 Å². The number of nitrogens with one attached hydrogen (secondary N) is 1. The second kappa shape index (κ2) is 9.82. The Kier molecular flexibility index (Phi) is 7.37. The molecule has 2 aliphatic rings. The highest BCUT2D eigenvalue weighted by Gasteiger charge is 2.38. The molecule has 0 saturated heterocycles. The highest BCUT2D eigenvalue weighted by atomic mass is 32.1. The van der Waals surface area contributed by atoms with Crippen molar-refractivity contribution in [3.8, 4) is 0 Å². The minimum atomic E-state index is -5.08. The average molecular weight is 459 g/mol. The highest BCUT2D eigenvalue weighted by molar-refractivity contribution is 7.09. The van der Waals surface area contributed by atoms with Crippen LogP contribution in [0, 0.1) is 5.92 Å². The monoisotopic (exact) mass is 458 g/mol. The van der Waals surface area contributed by atoms with E-state index in [1.807, 2.05) is 17.5 Å². The average Bonchev–Trinajstić information content (AvgIpc) is 3.18. The van der Waals surface area contributed by atoms with Gasteiger partial charge < -0.3 is 15.0 Å². The van der Waals surface area contributed by atoms with Gasteiger partial charge in [0.2, 0.25) is 5.91 Å². The number of carbonyl (C=O) groups excluding carboxylic acids is 1. The van der Waals surface area contributed by atoms with E-state index in [2.05, 4.69) is 27.9 Å². The molecular weight excluding hydrogens is 433 g/mol. The fraction of sp³-hybridized carbons (Fsp3) is 0.550. The number of halogens is 3. The standard InChI is InChI=1S/C18H24N4OS.C2HF3O2/c1-13-18-20-15(9-17(23)19-10-16-3-2-8-24-16)12-22(18)7-6-21(13)11-14-4-5-14;3-2(4,5)1(6)7/h2-3,8,12-14H,4-7,9-11H2,1H3,(H,19,23);(H,6,7). The van der Waals surface area contributed by atoms with E-state index in [-0.39, 0.29) is 5.91 Å². The fourth-order valence-corrected chi connectivity index (χ4v) is 4.03. The molecule has 31 heavy (non-hydrogen) atoms. The zero-order chi connectivity index (χ0) is 22.6. The first-order valence-electron chi connectivity index (χ1n) is 10.0. The van der Waals surface area contributed by atoms with Crippen molar-refractivity contribution in [3.63, 3.8) is 0 Å². The Balaban J connectivity index is 0.000000339. The van der Waals surface area contributed by atoms with Crippen LogP contribution in [0.4, 0.5) is 13.2 Å². The Morgan fingerprint density at radius 3 is 2.61 bits per heavy atom. The van der Waals surface area contributed by atoms with E-state index in [1.54, 1.807) is 11.3 Å². The predicted molar refractivity (Wildman–Crippen MR) is 108 cm³/mol. The minimum absolute atomic E-state index is 0.0429. The number of carboxylic acid groups (broad SMARTS) is 1. The molecule has 0 bridgehead atoms. The molecule has 2 aromatic rings. The lowest BCUT2D eigenvalue weighted by atomic mass is 10.2. The molecule has 7 nitrogen and oxygen atoms in total. The van der Waals surface area contributed by atoms with Gasteiger partial charge in [0.1, 0.15) is 5.82 Å². The maximum absolute atomic E-state index is 12.2. The molecule has 4 rings (SSSR count). The number of carboxylic acids is 1. The van der Waals surface area contributed by atoms with E-state index in [9.17, 15) is 18.0 Å². The van der Waals surface area contributed by atoms with Crippen molar-refractivity contribution in [3.05, 3.63) is 40.1 Å². The Morgan fingerprint density at radius 1 is 1.32 bits per heavy atom. The van der Waals surface area contributed by atoms with Crippen LogP contribution >= 0.6 is 11.3 Å². The van der Waals surface area contributed by atoms with Crippen LogP contribution in [0.5, 0.6) is 0 Å². The van der Waals surface area contributed by atoms with Crippen LogP contribution in [0.1, 0.15) is 42.2 Å². The van der Waals surface area contributed by atoms with Gasteiger partial charge in [-0.1, -0.05) is 6.07 Å². The van der Waals surface area contributed by atoms with Crippen LogP contribution in [0.15, 0.2) is 23.7 Å².